The van der Waals surface area contributed by atoms with Gasteiger partial charge in [-0.1, -0.05) is 92.3 Å². The number of likely N-dealkylation sites (tertiary alicyclic amines) is 2. The van der Waals surface area contributed by atoms with Crippen LogP contribution in [-0.4, -0.2) is 278 Å². The fraction of sp³-hybridized carbons (Fsp3) is 0.562. The van der Waals surface area contributed by atoms with Gasteiger partial charge in [-0.25, -0.2) is 24.0 Å². The Hall–Kier alpha value is -12.4. The van der Waals surface area contributed by atoms with Crippen LogP contribution in [0.25, 0.3) is 0 Å². The van der Waals surface area contributed by atoms with Gasteiger partial charge in [0.1, 0.15) is 36.9 Å². The molecule has 0 bridgehead atoms. The Kier molecular flexibility index (Phi) is 39.8. The highest BCUT2D eigenvalue weighted by atomic mass is 28.4. The number of nitrogens with zero attached hydrogens (tertiary/aromatic N) is 2. The first-order valence-electron chi connectivity index (χ1n) is 45.1. The van der Waals surface area contributed by atoms with Crippen molar-refractivity contribution in [3.63, 3.8) is 0 Å². The van der Waals surface area contributed by atoms with E-state index in [0.29, 0.717) is 38.6 Å². The van der Waals surface area contributed by atoms with E-state index < -0.39 is 187 Å². The van der Waals surface area contributed by atoms with E-state index in [0.717, 1.165) is 61.3 Å². The molecule has 139 heavy (non-hydrogen) atoms. The molecule has 0 aliphatic carbocycles. The lowest BCUT2D eigenvalue weighted by atomic mass is 9.91. The van der Waals surface area contributed by atoms with Gasteiger partial charge in [0, 0.05) is 80.4 Å². The lowest BCUT2D eigenvalue weighted by Crippen LogP contribution is -2.64. The molecular weight excluding hydrogens is 1860 g/mol. The van der Waals surface area contributed by atoms with Crippen LogP contribution in [0.2, 0.25) is 36.3 Å². The number of hydrogen-bond donors (Lipinski definition) is 3. The van der Waals surface area contributed by atoms with Gasteiger partial charge in [0.25, 0.3) is 17.7 Å². The molecule has 4 heterocycles. The third-order valence-corrected chi connectivity index (χ3v) is 32.8. The summed E-state index contributed by atoms with van der Waals surface area (Å²) in [6, 6.07) is 12.8. The molecule has 4 saturated heterocycles. The molecule has 4 aromatic carbocycles. The number of rotatable bonds is 43. The van der Waals surface area contributed by atoms with Crippen LogP contribution in [0.4, 0.5) is 21.0 Å². The topological polar surface area (TPSA) is 485 Å². The maximum Gasteiger partial charge on any atom is 0.411 e. The van der Waals surface area contributed by atoms with Crippen molar-refractivity contribution < 1.29 is 171 Å². The summed E-state index contributed by atoms with van der Waals surface area (Å²) in [5.41, 5.74) is 0.0343. The zero-order valence-electron chi connectivity index (χ0n) is 83.1. The van der Waals surface area contributed by atoms with Crippen molar-refractivity contribution in [2.75, 3.05) is 105 Å². The zero-order valence-corrected chi connectivity index (χ0v) is 85.1. The Morgan fingerprint density at radius 1 is 0.489 bits per heavy atom. The highest BCUT2D eigenvalue weighted by Crippen LogP contribution is 2.45. The van der Waals surface area contributed by atoms with Crippen LogP contribution in [0.1, 0.15) is 182 Å². The largest absolute Gasteiger partial charge is 0.493 e. The second-order valence-corrected chi connectivity index (χ2v) is 46.9. The Balaban J connectivity index is 1.06. The molecule has 8 rings (SSSR count). The lowest BCUT2D eigenvalue weighted by molar-refractivity contribution is -0.282. The van der Waals surface area contributed by atoms with Gasteiger partial charge in [0.15, 0.2) is 76.3 Å². The molecule has 764 valence electrons. The molecule has 4 aromatic rings. The molecule has 41 nitrogen and oxygen atoms in total. The second kappa shape index (κ2) is 49.4. The van der Waals surface area contributed by atoms with Crippen molar-refractivity contribution in [1.82, 2.24) is 15.1 Å². The third-order valence-electron chi connectivity index (χ3n) is 23.8. The fourth-order valence-corrected chi connectivity index (χ4v) is 17.1. The molecule has 0 aromatic heterocycles. The monoisotopic (exact) mass is 1990 g/mol. The van der Waals surface area contributed by atoms with Crippen LogP contribution in [0.15, 0.2) is 85.5 Å². The number of carbonyl (C=O) groups excluding carboxylic acids is 14. The average molecular weight is 1990 g/mol. The average Bonchev–Trinajstić information content (AvgIpc) is 1.75. The van der Waals surface area contributed by atoms with Crippen LogP contribution in [0, 0.1) is 5.41 Å². The van der Waals surface area contributed by atoms with E-state index >= 15 is 9.59 Å². The Morgan fingerprint density at radius 3 is 1.31 bits per heavy atom. The summed E-state index contributed by atoms with van der Waals surface area (Å²) >= 11 is 0. The normalized spacial score (nSPS) is 20.6. The van der Waals surface area contributed by atoms with Crippen molar-refractivity contribution in [3.8, 4) is 34.5 Å². The van der Waals surface area contributed by atoms with Gasteiger partial charge in [0.05, 0.1) is 102 Å². The number of hydrogen-bond acceptors (Lipinski definition) is 36. The van der Waals surface area contributed by atoms with Crippen LogP contribution >= 0.6 is 0 Å². The van der Waals surface area contributed by atoms with E-state index in [4.69, 9.17) is 104 Å². The summed E-state index contributed by atoms with van der Waals surface area (Å²) < 4.78 is 127. The van der Waals surface area contributed by atoms with Crippen molar-refractivity contribution in [2.45, 2.75) is 252 Å². The molecule has 4 aliphatic rings. The molecule has 0 spiro atoms. The Labute approximate surface area is 809 Å². The third kappa shape index (κ3) is 30.5. The molecule has 43 heteroatoms. The van der Waals surface area contributed by atoms with Crippen LogP contribution in [0.3, 0.4) is 0 Å². The first-order valence-corrected chi connectivity index (χ1v) is 50.9. The standard InChI is InChI=1S/C96H131N5O36Si2/c1-26-35-123-87(111)67-41-61(31-33-71(67)135-91-83(133-59(8)107)79(131-57(6)105)77(129-55(4)103)81(137-91)89(113)120-21)49-125-92(114)98-68-44-74(72(117-18)42-64(68)85(109)100-47-53(2)39-62(100)50-126-138(22,23)94(9,10)11)121-36-28-27-29-37-122-75-45-69(65(43-73(75)118-19)86(110)101-52-96(15,16)46-63(101)51-127-139(24,25)95(12,13)14)99-93(115)124-48-60-30-32-70(66(40-60)84(108)97-34-38-116-17)134-90-82(132-58(7)106)78(130-56(5)104)76(128-54(3)102)80(136-90)88(112)119-20/h26,30-33,40-45,62-63,76-83,90-91H,1-2,27-29,34-39,46-52H2,3-25H3,(H,97,108)(H,98,114)(H,99,115)/t62-,63-,76-,77-,78-,79-,80-,81-,82+,83+,90+,91+/m0/s1. The fourth-order valence-electron chi connectivity index (χ4n) is 15.0. The van der Waals surface area contributed by atoms with Gasteiger partial charge in [0.2, 0.25) is 24.8 Å². The first-order chi connectivity index (χ1) is 65.3. The smallest absolute Gasteiger partial charge is 0.411 e. The lowest BCUT2D eigenvalue weighted by Gasteiger charge is -2.43. The predicted octanol–water partition coefficient (Wildman–Crippen LogP) is 11.7. The minimum absolute atomic E-state index is 0.00418. The number of anilines is 2. The summed E-state index contributed by atoms with van der Waals surface area (Å²) in [5.74, 6) is -10.8. The van der Waals surface area contributed by atoms with E-state index in [-0.39, 0.29) is 147 Å². The van der Waals surface area contributed by atoms with Crippen molar-refractivity contribution >= 4 is 112 Å². The molecule has 4 fully saturated rings. The summed E-state index contributed by atoms with van der Waals surface area (Å²) in [7, 11) is 1.49. The van der Waals surface area contributed by atoms with E-state index in [1.54, 1.807) is 9.80 Å². The molecule has 0 unspecified atom stereocenters. The maximum absolute atomic E-state index is 15.4. The number of methoxy groups -OCH3 is 5. The minimum atomic E-state index is -2.36. The number of unbranched alkanes of at least 4 members (excludes halogenated alkanes) is 2. The van der Waals surface area contributed by atoms with Crippen molar-refractivity contribution in [3.05, 3.63) is 119 Å². The zero-order chi connectivity index (χ0) is 103. The van der Waals surface area contributed by atoms with Crippen LogP contribution in [-0.2, 0) is 127 Å². The SMILES string of the molecule is C=CCOC(=O)c1cc(COC(=O)Nc2cc(OCCCCCOc3cc(NC(=O)OCc4ccc(O[C@@H]5O[C@H](C(=O)OC)[C@@H](OC(C)=O)[C@H](OC(C)=O)[C@H]5OC(C)=O)c(C(=O)NCCOC)c4)c(C(=O)N4CC(C)(C)C[C@H]4CO[Si](C)(C)C(C)(C)C)cc3OC)c(OC)cc2C(=O)N2CC(=C)C[C@H]2CO[Si](C)(C)C(C)(C)C)ccc1O[C@@H]1O[C@H](C(=O)OC)[C@@H](OC(C)=O)[C@H](OC(C)=O)[C@H]1OC(C)=O. The molecule has 5 amide bonds. The minimum Gasteiger partial charge on any atom is -0.493 e. The van der Waals surface area contributed by atoms with Gasteiger partial charge in [-0.05, 0) is 121 Å². The summed E-state index contributed by atoms with van der Waals surface area (Å²) in [6.45, 7) is 38.8. The van der Waals surface area contributed by atoms with Gasteiger partial charge < -0.3 is 119 Å². The number of carbonyl (C=O) groups is 14. The maximum atomic E-state index is 15.4. The van der Waals surface area contributed by atoms with E-state index in [1.807, 2.05) is 13.8 Å². The molecular formula is C96H131N5O36Si2. The van der Waals surface area contributed by atoms with Crippen LogP contribution in [0.5, 0.6) is 34.5 Å². The van der Waals surface area contributed by atoms with E-state index in [1.165, 1.54) is 88.1 Å². The first kappa shape index (κ1) is 112. The molecule has 3 N–H and O–H groups in total. The summed E-state index contributed by atoms with van der Waals surface area (Å²) in [6.07, 6.45) is -16.6. The number of benzene rings is 4. The highest BCUT2D eigenvalue weighted by molar-refractivity contribution is 6.74. The second-order valence-electron chi connectivity index (χ2n) is 37.3. The molecule has 4 aliphatic heterocycles. The highest BCUT2D eigenvalue weighted by Gasteiger charge is 2.58. The van der Waals surface area contributed by atoms with Gasteiger partial charge in [-0.3, -0.25) is 53.8 Å². The molecule has 0 saturated carbocycles. The molecule has 0 radical (unpaired) electrons. The van der Waals surface area contributed by atoms with E-state index in [9.17, 15) is 57.5 Å². The van der Waals surface area contributed by atoms with Gasteiger partial charge in [-0.15, -0.1) is 0 Å². The summed E-state index contributed by atoms with van der Waals surface area (Å²) in [4.78, 5) is 193. The van der Waals surface area contributed by atoms with Crippen LogP contribution < -0.4 is 44.4 Å². The van der Waals surface area contributed by atoms with Crippen molar-refractivity contribution in [2.24, 2.45) is 5.41 Å². The Morgan fingerprint density at radius 2 is 0.899 bits per heavy atom. The number of nitrogens with one attached hydrogen (secondary N) is 3. The quantitative estimate of drug-likeness (QED) is 0.0122. The molecule has 12 atom stereocenters. The van der Waals surface area contributed by atoms with E-state index in [2.05, 4.69) is 96.8 Å². The van der Waals surface area contributed by atoms with Gasteiger partial charge >= 0.3 is 65.9 Å². The summed E-state index contributed by atoms with van der Waals surface area (Å²) in [5, 5.41) is 7.83. The Bertz CT molecular complexity index is 5140. The number of esters is 9. The number of ether oxygens (including phenoxy) is 20. The predicted molar refractivity (Wildman–Crippen MR) is 500 cm³/mol. The van der Waals surface area contributed by atoms with Crippen molar-refractivity contribution in [1.29, 1.82) is 0 Å². The van der Waals surface area contributed by atoms with Gasteiger partial charge in [-0.2, -0.15) is 0 Å². The number of amides is 5.